The molecule has 0 N–H and O–H groups in total. The van der Waals surface area contributed by atoms with Crippen molar-refractivity contribution in [1.82, 2.24) is 0 Å². The molecular weight excluding hydrogens is 290 g/mol. The van der Waals surface area contributed by atoms with E-state index in [4.69, 9.17) is 0 Å². The molecule has 0 aliphatic carbocycles. The van der Waals surface area contributed by atoms with Crippen LogP contribution in [0, 0.1) is 5.82 Å². The lowest BCUT2D eigenvalue weighted by atomic mass is 9.82. The van der Waals surface area contributed by atoms with Gasteiger partial charge in [0.1, 0.15) is 17.3 Å². The number of hydrogen-bond donors (Lipinski definition) is 0. The van der Waals surface area contributed by atoms with Gasteiger partial charge in [0, 0.05) is 16.8 Å². The van der Waals surface area contributed by atoms with Gasteiger partial charge in [0.05, 0.1) is 0 Å². The van der Waals surface area contributed by atoms with Gasteiger partial charge in [-0.15, -0.1) is 0 Å². The van der Waals surface area contributed by atoms with E-state index in [2.05, 4.69) is 15.9 Å². The van der Waals surface area contributed by atoms with E-state index in [1.54, 1.807) is 6.07 Å². The van der Waals surface area contributed by atoms with E-state index in [9.17, 15) is 13.6 Å². The summed E-state index contributed by atoms with van der Waals surface area (Å²) < 4.78 is 27.9. The Morgan fingerprint density at radius 3 is 2.41 bits per heavy atom. The zero-order valence-corrected chi connectivity index (χ0v) is 11.6. The summed E-state index contributed by atoms with van der Waals surface area (Å²) in [5.41, 5.74) is -1.07. The Bertz CT molecular complexity index is 404. The van der Waals surface area contributed by atoms with E-state index in [1.165, 1.54) is 32.9 Å². The highest BCUT2D eigenvalue weighted by Crippen LogP contribution is 2.35. The first-order valence-corrected chi connectivity index (χ1v) is 6.14. The summed E-state index contributed by atoms with van der Waals surface area (Å²) in [7, 11) is 0. The van der Waals surface area contributed by atoms with Gasteiger partial charge in [-0.05, 0) is 44.5 Å². The van der Waals surface area contributed by atoms with Crippen LogP contribution in [0.3, 0.4) is 0 Å². The summed E-state index contributed by atoms with van der Waals surface area (Å²) in [6.07, 6.45) is 0.0688. The Kier molecular flexibility index (Phi) is 4.42. The Balaban J connectivity index is 3.17. The topological polar surface area (TPSA) is 17.1 Å². The summed E-state index contributed by atoms with van der Waals surface area (Å²) in [6.45, 7) is 4.21. The minimum Gasteiger partial charge on any atom is -0.300 e. The van der Waals surface area contributed by atoms with Crippen molar-refractivity contribution in [3.63, 3.8) is 0 Å². The zero-order chi connectivity index (χ0) is 13.2. The second-order valence-corrected chi connectivity index (χ2v) is 5.64. The molecule has 0 aliphatic heterocycles. The Hall–Kier alpha value is -0.770. The molecule has 1 nitrogen and oxygen atoms in total. The van der Waals surface area contributed by atoms with Crippen LogP contribution in [-0.2, 0) is 4.79 Å². The van der Waals surface area contributed by atoms with Gasteiger partial charge in [-0.3, -0.25) is 0 Å². The fraction of sp³-hybridized carbons (Fsp3) is 0.462. The highest BCUT2D eigenvalue weighted by atomic mass is 79.9. The average molecular weight is 305 g/mol. The molecule has 0 heterocycles. The van der Waals surface area contributed by atoms with Crippen molar-refractivity contribution in [3.05, 3.63) is 34.1 Å². The van der Waals surface area contributed by atoms with E-state index in [1.807, 2.05) is 0 Å². The Morgan fingerprint density at radius 2 is 2.00 bits per heavy atom. The fourth-order valence-corrected chi connectivity index (χ4v) is 2.30. The number of Topliss-reactive ketones (excluding diaryl/α,β-unsaturated/α-hetero) is 1. The fourth-order valence-electron chi connectivity index (χ4n) is 1.82. The minimum absolute atomic E-state index is 0.0688. The molecule has 0 radical (unpaired) electrons. The van der Waals surface area contributed by atoms with E-state index in [0.717, 1.165) is 0 Å². The molecule has 94 valence electrons. The molecule has 1 aromatic carbocycles. The second kappa shape index (κ2) is 5.25. The first-order chi connectivity index (χ1) is 7.70. The molecule has 0 fully saturated rings. The molecule has 1 aromatic rings. The summed E-state index contributed by atoms with van der Waals surface area (Å²) in [6, 6.07) is 4.23. The van der Waals surface area contributed by atoms with Crippen LogP contribution < -0.4 is 0 Å². The molecule has 0 bridgehead atoms. The molecule has 17 heavy (non-hydrogen) atoms. The van der Waals surface area contributed by atoms with Crippen LogP contribution in [0.4, 0.5) is 8.78 Å². The highest BCUT2D eigenvalue weighted by molar-refractivity contribution is 9.10. The second-order valence-electron chi connectivity index (χ2n) is 4.73. The first kappa shape index (κ1) is 14.3. The third kappa shape index (κ3) is 4.19. The van der Waals surface area contributed by atoms with E-state index in [-0.39, 0.29) is 12.2 Å². The van der Waals surface area contributed by atoms with Crippen LogP contribution in [0.5, 0.6) is 0 Å². The van der Waals surface area contributed by atoms with Gasteiger partial charge in [0.25, 0.3) is 0 Å². The molecule has 0 spiro atoms. The van der Waals surface area contributed by atoms with Gasteiger partial charge in [-0.2, -0.15) is 0 Å². The summed E-state index contributed by atoms with van der Waals surface area (Å²) in [5, 5.41) is 0. The lowest BCUT2D eigenvalue weighted by Gasteiger charge is -2.26. The quantitative estimate of drug-likeness (QED) is 0.806. The number of rotatable bonds is 4. The largest absolute Gasteiger partial charge is 0.300 e. The maximum absolute atomic E-state index is 14.1. The number of hydrogen-bond acceptors (Lipinski definition) is 1. The lowest BCUT2D eigenvalue weighted by molar-refractivity contribution is -0.118. The third-order valence-corrected chi connectivity index (χ3v) is 3.07. The van der Waals surface area contributed by atoms with Crippen LogP contribution in [0.2, 0.25) is 0 Å². The van der Waals surface area contributed by atoms with Gasteiger partial charge in [0.2, 0.25) is 0 Å². The molecule has 1 atom stereocenters. The zero-order valence-electron chi connectivity index (χ0n) is 10.1. The van der Waals surface area contributed by atoms with Crippen LogP contribution in [-0.4, -0.2) is 11.5 Å². The molecule has 0 amide bonds. The molecule has 0 aromatic heterocycles. The number of carbonyl (C=O) groups is 1. The van der Waals surface area contributed by atoms with Gasteiger partial charge in [-0.25, -0.2) is 8.78 Å². The molecule has 0 saturated carbocycles. The molecule has 0 saturated heterocycles. The summed E-state index contributed by atoms with van der Waals surface area (Å²) in [5.74, 6) is -1.18. The van der Waals surface area contributed by atoms with Crippen LogP contribution >= 0.6 is 15.9 Å². The van der Waals surface area contributed by atoms with Crippen molar-refractivity contribution in [2.75, 3.05) is 0 Å². The van der Waals surface area contributed by atoms with Gasteiger partial charge in [-0.1, -0.05) is 15.9 Å². The van der Waals surface area contributed by atoms with E-state index >= 15 is 0 Å². The highest BCUT2D eigenvalue weighted by Gasteiger charge is 2.32. The summed E-state index contributed by atoms with van der Waals surface area (Å²) in [4.78, 5) is 11.2. The number of benzene rings is 1. The molecule has 4 heteroatoms. The van der Waals surface area contributed by atoms with Crippen LogP contribution in [0.1, 0.15) is 38.7 Å². The lowest BCUT2D eigenvalue weighted by Crippen LogP contribution is -2.26. The molecule has 0 aliphatic rings. The standard InChI is InChI=1S/C13H15BrF2O/c1-8(17)4-12(13(2,3)16)9-5-10(14)7-11(15)6-9/h5-7,12H,4H2,1-3H3/t12-/m0/s1. The van der Waals surface area contributed by atoms with Crippen molar-refractivity contribution in [3.8, 4) is 0 Å². The van der Waals surface area contributed by atoms with Gasteiger partial charge >= 0.3 is 0 Å². The van der Waals surface area contributed by atoms with Crippen molar-refractivity contribution in [1.29, 1.82) is 0 Å². The maximum Gasteiger partial charge on any atom is 0.130 e. The Morgan fingerprint density at radius 1 is 1.41 bits per heavy atom. The minimum atomic E-state index is -1.57. The first-order valence-electron chi connectivity index (χ1n) is 5.34. The summed E-state index contributed by atoms with van der Waals surface area (Å²) >= 11 is 3.17. The van der Waals surface area contributed by atoms with Crippen molar-refractivity contribution < 1.29 is 13.6 Å². The predicted octanol–water partition coefficient (Wildman–Crippen LogP) is 4.40. The molecule has 0 unspecified atom stereocenters. The van der Waals surface area contributed by atoms with Crippen molar-refractivity contribution in [2.24, 2.45) is 0 Å². The normalized spacial score (nSPS) is 13.5. The Labute approximate surface area is 108 Å². The molecule has 1 rings (SSSR count). The average Bonchev–Trinajstić information content (AvgIpc) is 2.10. The van der Waals surface area contributed by atoms with Crippen molar-refractivity contribution in [2.45, 2.75) is 38.8 Å². The molecular formula is C13H15BrF2O. The predicted molar refractivity (Wildman–Crippen MR) is 67.3 cm³/mol. The number of ketones is 1. The van der Waals surface area contributed by atoms with Crippen molar-refractivity contribution >= 4 is 21.7 Å². The maximum atomic E-state index is 14.1. The SMILES string of the molecule is CC(=O)C[C@@H](c1cc(F)cc(Br)c1)C(C)(C)F. The smallest absolute Gasteiger partial charge is 0.130 e. The number of halogens is 3. The third-order valence-electron chi connectivity index (χ3n) is 2.61. The van der Waals surface area contributed by atoms with E-state index < -0.39 is 17.4 Å². The number of alkyl halides is 1. The van der Waals surface area contributed by atoms with Gasteiger partial charge in [0.15, 0.2) is 0 Å². The monoisotopic (exact) mass is 304 g/mol. The van der Waals surface area contributed by atoms with Crippen LogP contribution in [0.15, 0.2) is 22.7 Å². The number of carbonyl (C=O) groups excluding carboxylic acids is 1. The van der Waals surface area contributed by atoms with E-state index in [0.29, 0.717) is 10.0 Å². The van der Waals surface area contributed by atoms with Crippen LogP contribution in [0.25, 0.3) is 0 Å². The van der Waals surface area contributed by atoms with Gasteiger partial charge < -0.3 is 4.79 Å².